The number of ether oxygens (including phenoxy) is 2. The average molecular weight is 426 g/mol. The van der Waals surface area contributed by atoms with Gasteiger partial charge in [-0.3, -0.25) is 9.78 Å². The van der Waals surface area contributed by atoms with Gasteiger partial charge in [0.25, 0.3) is 5.89 Å². The zero-order chi connectivity index (χ0) is 20.9. The Balaban J connectivity index is 1.41. The van der Waals surface area contributed by atoms with E-state index in [0.29, 0.717) is 28.9 Å². The summed E-state index contributed by atoms with van der Waals surface area (Å²) >= 11 is 5.35. The fourth-order valence-electron chi connectivity index (χ4n) is 2.81. The summed E-state index contributed by atoms with van der Waals surface area (Å²) in [6.07, 6.45) is 1.54. The first kappa shape index (κ1) is 19.6. The van der Waals surface area contributed by atoms with Crippen molar-refractivity contribution in [3.05, 3.63) is 54.0 Å². The summed E-state index contributed by atoms with van der Waals surface area (Å²) in [6, 6.07) is 10.3. The maximum absolute atomic E-state index is 11.5. The minimum atomic E-state index is -0.677. The maximum atomic E-state index is 11.5. The van der Waals surface area contributed by atoms with Crippen LogP contribution in [0, 0.1) is 0 Å². The number of nitrogens with zero attached hydrogens (tertiary/aromatic N) is 3. The highest BCUT2D eigenvalue weighted by atomic mass is 32.1. The van der Waals surface area contributed by atoms with Crippen molar-refractivity contribution in [2.24, 2.45) is 5.73 Å². The van der Waals surface area contributed by atoms with Gasteiger partial charge >= 0.3 is 0 Å². The second-order valence-electron chi connectivity index (χ2n) is 6.40. The first-order valence-electron chi connectivity index (χ1n) is 9.04. The molecule has 0 bridgehead atoms. The number of aromatic nitrogens is 3. The number of hydrogen-bond donors (Lipinski definition) is 3. The van der Waals surface area contributed by atoms with E-state index in [1.54, 1.807) is 24.4 Å². The minimum Gasteiger partial charge on any atom is -0.454 e. The van der Waals surface area contributed by atoms with Gasteiger partial charge in [0.05, 0.1) is 6.42 Å². The molecule has 10 nitrogen and oxygen atoms in total. The summed E-state index contributed by atoms with van der Waals surface area (Å²) in [7, 11) is 0. The Labute approximate surface area is 176 Å². The highest BCUT2D eigenvalue weighted by Gasteiger charge is 2.23. The molecule has 1 aromatic carbocycles. The van der Waals surface area contributed by atoms with E-state index >= 15 is 0 Å². The molecule has 3 aromatic rings. The Morgan fingerprint density at radius 2 is 2.07 bits per heavy atom. The molecule has 1 amide bonds. The van der Waals surface area contributed by atoms with Crippen molar-refractivity contribution in [2.75, 3.05) is 6.79 Å². The molecule has 0 radical (unpaired) electrons. The lowest BCUT2D eigenvalue weighted by Crippen LogP contribution is -2.39. The summed E-state index contributed by atoms with van der Waals surface area (Å²) < 4.78 is 16.3. The molecule has 0 fully saturated rings. The lowest BCUT2D eigenvalue weighted by Gasteiger charge is -2.17. The summed E-state index contributed by atoms with van der Waals surface area (Å²) in [5, 5.41) is 14.4. The van der Waals surface area contributed by atoms with Gasteiger partial charge in [-0.1, -0.05) is 12.1 Å². The molecule has 1 aliphatic heterocycles. The summed E-state index contributed by atoms with van der Waals surface area (Å²) in [5.41, 5.74) is 6.85. The smallest absolute Gasteiger partial charge is 0.266 e. The van der Waals surface area contributed by atoms with Crippen LogP contribution in [-0.4, -0.2) is 33.0 Å². The fraction of sp³-hybridized carbons (Fsp3) is 0.211. The molecule has 1 unspecified atom stereocenters. The van der Waals surface area contributed by atoms with Crippen LogP contribution >= 0.6 is 12.2 Å². The number of pyridine rings is 1. The number of amides is 1. The number of thiocarbonyl (C=S) groups is 1. The van der Waals surface area contributed by atoms with Gasteiger partial charge in [-0.2, -0.15) is 0 Å². The van der Waals surface area contributed by atoms with Crippen molar-refractivity contribution in [3.63, 3.8) is 0 Å². The molecule has 4 N–H and O–H groups in total. The van der Waals surface area contributed by atoms with E-state index < -0.39 is 11.9 Å². The van der Waals surface area contributed by atoms with Gasteiger partial charge in [0.1, 0.15) is 11.7 Å². The van der Waals surface area contributed by atoms with Crippen LogP contribution in [0.5, 0.6) is 11.5 Å². The van der Waals surface area contributed by atoms with E-state index in [-0.39, 0.29) is 25.0 Å². The molecule has 4 rings (SSSR count). The second kappa shape index (κ2) is 8.74. The standard InChI is InChI=1S/C19H18N6O4S/c20-16(26)8-13(18-25-24-17(29-18)12-3-1-2-6-21-12)23-19(30)22-9-11-4-5-14-15(7-11)28-10-27-14/h1-7,13H,8-10H2,(H2,20,26)(H2,22,23,30). The van der Waals surface area contributed by atoms with Crippen LogP contribution < -0.4 is 25.8 Å². The molecule has 0 saturated heterocycles. The number of carbonyl (C=O) groups is 1. The van der Waals surface area contributed by atoms with Gasteiger partial charge in [0, 0.05) is 12.7 Å². The molecular weight excluding hydrogens is 408 g/mol. The van der Waals surface area contributed by atoms with Crippen LogP contribution in [-0.2, 0) is 11.3 Å². The van der Waals surface area contributed by atoms with E-state index in [0.717, 1.165) is 5.56 Å². The molecule has 1 aliphatic rings. The molecule has 11 heteroatoms. The SMILES string of the molecule is NC(=O)CC(NC(=S)NCc1ccc2c(c1)OCO2)c1nnc(-c2ccccn2)o1. The normalized spacial score (nSPS) is 12.9. The number of primary amides is 1. The first-order valence-corrected chi connectivity index (χ1v) is 9.45. The Bertz CT molecular complexity index is 1060. The van der Waals surface area contributed by atoms with E-state index in [1.165, 1.54) is 0 Å². The number of rotatable bonds is 7. The Kier molecular flexibility index (Phi) is 5.70. The Morgan fingerprint density at radius 3 is 2.87 bits per heavy atom. The maximum Gasteiger partial charge on any atom is 0.266 e. The summed E-state index contributed by atoms with van der Waals surface area (Å²) in [4.78, 5) is 15.7. The van der Waals surface area contributed by atoms with Gasteiger partial charge < -0.3 is 30.3 Å². The van der Waals surface area contributed by atoms with E-state index in [2.05, 4.69) is 25.8 Å². The van der Waals surface area contributed by atoms with Gasteiger partial charge in [-0.15, -0.1) is 10.2 Å². The third-order valence-corrected chi connectivity index (χ3v) is 4.49. The van der Waals surface area contributed by atoms with Gasteiger partial charge in [0.15, 0.2) is 16.6 Å². The first-order chi connectivity index (χ1) is 14.6. The van der Waals surface area contributed by atoms with Gasteiger partial charge in [-0.05, 0) is 42.0 Å². The van der Waals surface area contributed by atoms with Crippen LogP contribution in [0.2, 0.25) is 0 Å². The number of nitrogens with two attached hydrogens (primary N) is 1. The highest BCUT2D eigenvalue weighted by molar-refractivity contribution is 7.80. The van der Waals surface area contributed by atoms with Crippen LogP contribution in [0.4, 0.5) is 0 Å². The van der Waals surface area contributed by atoms with E-state index in [9.17, 15) is 4.79 Å². The molecular formula is C19H18N6O4S. The van der Waals surface area contributed by atoms with Crippen molar-refractivity contribution >= 4 is 23.2 Å². The number of fused-ring (bicyclic) bond motifs is 1. The highest BCUT2D eigenvalue weighted by Crippen LogP contribution is 2.32. The quantitative estimate of drug-likeness (QED) is 0.476. The van der Waals surface area contributed by atoms with Crippen LogP contribution in [0.25, 0.3) is 11.6 Å². The monoisotopic (exact) mass is 426 g/mol. The van der Waals surface area contributed by atoms with Crippen molar-refractivity contribution < 1.29 is 18.7 Å². The third-order valence-electron chi connectivity index (χ3n) is 4.22. The van der Waals surface area contributed by atoms with Crippen molar-refractivity contribution in [2.45, 2.75) is 19.0 Å². The van der Waals surface area contributed by atoms with Crippen molar-refractivity contribution in [3.8, 4) is 23.1 Å². The van der Waals surface area contributed by atoms with Gasteiger partial charge in [-0.25, -0.2) is 0 Å². The molecule has 0 aliphatic carbocycles. The van der Waals surface area contributed by atoms with E-state index in [4.69, 9.17) is 31.8 Å². The summed E-state index contributed by atoms with van der Waals surface area (Å²) in [5.74, 6) is 1.28. The number of hydrogen-bond acceptors (Lipinski definition) is 8. The van der Waals surface area contributed by atoms with Crippen molar-refractivity contribution in [1.29, 1.82) is 0 Å². The molecule has 154 valence electrons. The zero-order valence-electron chi connectivity index (χ0n) is 15.7. The molecule has 30 heavy (non-hydrogen) atoms. The predicted molar refractivity (Wildman–Crippen MR) is 109 cm³/mol. The fourth-order valence-corrected chi connectivity index (χ4v) is 3.03. The topological polar surface area (TPSA) is 137 Å². The number of carbonyl (C=O) groups excluding carboxylic acids is 1. The van der Waals surface area contributed by atoms with Crippen LogP contribution in [0.1, 0.15) is 23.9 Å². The third kappa shape index (κ3) is 4.63. The molecule has 0 spiro atoms. The molecule has 1 atom stereocenters. The van der Waals surface area contributed by atoms with Crippen molar-refractivity contribution in [1.82, 2.24) is 25.8 Å². The molecule has 3 heterocycles. The summed E-state index contributed by atoms with van der Waals surface area (Å²) in [6.45, 7) is 0.653. The lowest BCUT2D eigenvalue weighted by atomic mass is 10.2. The molecule has 0 saturated carbocycles. The zero-order valence-corrected chi connectivity index (χ0v) is 16.5. The largest absolute Gasteiger partial charge is 0.454 e. The number of benzene rings is 1. The number of nitrogens with one attached hydrogen (secondary N) is 2. The van der Waals surface area contributed by atoms with Crippen LogP contribution in [0.15, 0.2) is 47.0 Å². The average Bonchev–Trinajstić information content (AvgIpc) is 3.41. The lowest BCUT2D eigenvalue weighted by molar-refractivity contribution is -0.118. The second-order valence-corrected chi connectivity index (χ2v) is 6.81. The molecule has 2 aromatic heterocycles. The Hall–Kier alpha value is -3.73. The Morgan fingerprint density at radius 1 is 1.20 bits per heavy atom. The van der Waals surface area contributed by atoms with E-state index in [1.807, 2.05) is 18.2 Å². The van der Waals surface area contributed by atoms with Gasteiger partial charge in [0.2, 0.25) is 18.6 Å². The minimum absolute atomic E-state index is 0.0737. The predicted octanol–water partition coefficient (Wildman–Crippen LogP) is 1.44. The van der Waals surface area contributed by atoms with Crippen LogP contribution in [0.3, 0.4) is 0 Å².